The topological polar surface area (TPSA) is 105 Å². The fraction of sp³-hybridized carbons (Fsp3) is 0.250. The smallest absolute Gasteiger partial charge is 0.294 e. The number of nitrogens with zero attached hydrogens (tertiary/aromatic N) is 3. The maximum absolute atomic E-state index is 14.3. The fourth-order valence-corrected chi connectivity index (χ4v) is 4.59. The molecular formula is C24H22ClFN6O2. The number of fused-ring (bicyclic) bond motifs is 2. The van der Waals surface area contributed by atoms with Gasteiger partial charge in [0, 0.05) is 41.1 Å². The second-order valence-corrected chi connectivity index (χ2v) is 8.66. The van der Waals surface area contributed by atoms with Crippen molar-refractivity contribution in [1.29, 1.82) is 0 Å². The second kappa shape index (κ2) is 8.90. The lowest BCUT2D eigenvalue weighted by molar-refractivity contribution is -0.124. The molecule has 3 N–H and O–H groups in total. The van der Waals surface area contributed by atoms with Crippen LogP contribution >= 0.6 is 11.6 Å². The van der Waals surface area contributed by atoms with E-state index in [1.54, 1.807) is 37.5 Å². The molecule has 0 unspecified atom stereocenters. The lowest BCUT2D eigenvalue weighted by Crippen LogP contribution is -2.36. The predicted octanol–water partition coefficient (Wildman–Crippen LogP) is 3.64. The van der Waals surface area contributed by atoms with Gasteiger partial charge in [-0.1, -0.05) is 29.8 Å². The minimum Gasteiger partial charge on any atom is -0.361 e. The summed E-state index contributed by atoms with van der Waals surface area (Å²) in [7, 11) is 0. The molecule has 0 saturated heterocycles. The van der Waals surface area contributed by atoms with Crippen molar-refractivity contribution < 1.29 is 9.18 Å². The maximum atomic E-state index is 14.3. The van der Waals surface area contributed by atoms with Gasteiger partial charge in [0.25, 0.3) is 5.56 Å². The molecule has 5 rings (SSSR count). The van der Waals surface area contributed by atoms with Gasteiger partial charge in [-0.2, -0.15) is 0 Å². The zero-order chi connectivity index (χ0) is 23.8. The Bertz CT molecular complexity index is 1430. The number of benzene rings is 1. The summed E-state index contributed by atoms with van der Waals surface area (Å²) in [4.78, 5) is 37.7. The Morgan fingerprint density at radius 3 is 3.00 bits per heavy atom. The van der Waals surface area contributed by atoms with Crippen molar-refractivity contribution in [3.05, 3.63) is 86.6 Å². The van der Waals surface area contributed by atoms with Crippen molar-refractivity contribution in [1.82, 2.24) is 24.8 Å². The summed E-state index contributed by atoms with van der Waals surface area (Å²) in [6, 6.07) is 8.14. The van der Waals surface area contributed by atoms with Crippen molar-refractivity contribution in [2.75, 3.05) is 5.32 Å². The molecule has 0 radical (unpaired) electrons. The molecule has 4 heterocycles. The number of pyridine rings is 1. The molecular weight excluding hydrogens is 459 g/mol. The van der Waals surface area contributed by atoms with Crippen LogP contribution in [0.1, 0.15) is 35.0 Å². The summed E-state index contributed by atoms with van der Waals surface area (Å²) in [5.41, 5.74) is 2.75. The summed E-state index contributed by atoms with van der Waals surface area (Å²) >= 11 is 6.35. The van der Waals surface area contributed by atoms with E-state index in [0.29, 0.717) is 29.7 Å². The van der Waals surface area contributed by atoms with Gasteiger partial charge in [0.05, 0.1) is 12.2 Å². The quantitative estimate of drug-likeness (QED) is 0.391. The van der Waals surface area contributed by atoms with Crippen LogP contribution in [0.5, 0.6) is 0 Å². The summed E-state index contributed by atoms with van der Waals surface area (Å²) in [5.74, 6) is -0.638. The summed E-state index contributed by atoms with van der Waals surface area (Å²) in [5, 5.41) is 6.89. The van der Waals surface area contributed by atoms with Crippen molar-refractivity contribution in [2.45, 2.75) is 38.9 Å². The van der Waals surface area contributed by atoms with E-state index in [-0.39, 0.29) is 35.8 Å². The minimum absolute atomic E-state index is 0.0162. The van der Waals surface area contributed by atoms with Crippen molar-refractivity contribution >= 4 is 34.2 Å². The number of aromatic nitrogens is 4. The van der Waals surface area contributed by atoms with Gasteiger partial charge in [0.1, 0.15) is 11.9 Å². The molecule has 1 aliphatic rings. The highest BCUT2D eigenvalue weighted by Crippen LogP contribution is 2.29. The molecule has 0 aliphatic carbocycles. The predicted molar refractivity (Wildman–Crippen MR) is 127 cm³/mol. The first-order valence-electron chi connectivity index (χ1n) is 10.9. The molecule has 34 heavy (non-hydrogen) atoms. The Morgan fingerprint density at radius 2 is 2.18 bits per heavy atom. The van der Waals surface area contributed by atoms with E-state index >= 15 is 0 Å². The number of rotatable bonds is 6. The number of halogens is 2. The van der Waals surface area contributed by atoms with Crippen molar-refractivity contribution in [3.63, 3.8) is 0 Å². The van der Waals surface area contributed by atoms with E-state index in [1.807, 2.05) is 12.1 Å². The van der Waals surface area contributed by atoms with Crippen LogP contribution in [0.15, 0.2) is 47.5 Å². The highest BCUT2D eigenvalue weighted by molar-refractivity contribution is 6.30. The lowest BCUT2D eigenvalue weighted by atomic mass is 10.1. The molecule has 1 amide bonds. The summed E-state index contributed by atoms with van der Waals surface area (Å²) in [6.45, 7) is 2.02. The highest BCUT2D eigenvalue weighted by Gasteiger charge is 2.32. The largest absolute Gasteiger partial charge is 0.361 e. The Hall–Kier alpha value is -3.72. The van der Waals surface area contributed by atoms with E-state index in [4.69, 9.17) is 11.6 Å². The Balaban J connectivity index is 1.34. The molecule has 4 aromatic rings. The Kier molecular flexibility index (Phi) is 5.79. The number of anilines is 1. The van der Waals surface area contributed by atoms with Gasteiger partial charge >= 0.3 is 0 Å². The number of nitrogens with one attached hydrogen (secondary N) is 3. The van der Waals surface area contributed by atoms with Crippen LogP contribution in [-0.4, -0.2) is 25.4 Å². The SMILES string of the molecule is Cc1cccc(CNc2nc(Cl)c3n(c2=O)[C@H](C(=O)NCc2cc4cnccc4[nH]2)CC3)c1F. The van der Waals surface area contributed by atoms with E-state index < -0.39 is 11.6 Å². The molecule has 174 valence electrons. The van der Waals surface area contributed by atoms with Gasteiger partial charge in [0.15, 0.2) is 11.0 Å². The zero-order valence-corrected chi connectivity index (χ0v) is 19.1. The van der Waals surface area contributed by atoms with Gasteiger partial charge in [-0.3, -0.25) is 19.1 Å². The van der Waals surface area contributed by atoms with E-state index in [9.17, 15) is 14.0 Å². The average Bonchev–Trinajstić information content (AvgIpc) is 3.46. The second-order valence-electron chi connectivity index (χ2n) is 8.30. The number of H-pyrrole nitrogens is 1. The highest BCUT2D eigenvalue weighted by atomic mass is 35.5. The molecule has 8 nitrogen and oxygen atoms in total. The number of carbonyl (C=O) groups is 1. The number of hydrogen-bond donors (Lipinski definition) is 3. The van der Waals surface area contributed by atoms with E-state index in [1.165, 1.54) is 4.57 Å². The normalized spacial score (nSPS) is 14.9. The third kappa shape index (κ3) is 4.03. The number of aromatic amines is 1. The molecule has 0 spiro atoms. The van der Waals surface area contributed by atoms with Crippen LogP contribution in [0, 0.1) is 12.7 Å². The molecule has 0 bridgehead atoms. The van der Waals surface area contributed by atoms with Crippen LogP contribution in [-0.2, 0) is 24.3 Å². The molecule has 0 fully saturated rings. The maximum Gasteiger partial charge on any atom is 0.294 e. The first-order valence-corrected chi connectivity index (χ1v) is 11.3. The number of amides is 1. The Labute approximate surface area is 199 Å². The van der Waals surface area contributed by atoms with Gasteiger partial charge in [-0.25, -0.2) is 9.37 Å². The molecule has 10 heteroatoms. The van der Waals surface area contributed by atoms with Crippen LogP contribution < -0.4 is 16.2 Å². The first kappa shape index (κ1) is 22.1. The van der Waals surface area contributed by atoms with Gasteiger partial charge < -0.3 is 15.6 Å². The average molecular weight is 481 g/mol. The third-order valence-electron chi connectivity index (χ3n) is 6.08. The van der Waals surface area contributed by atoms with Gasteiger partial charge in [-0.05, 0) is 37.5 Å². The molecule has 1 aromatic carbocycles. The first-order chi connectivity index (χ1) is 16.4. The van der Waals surface area contributed by atoms with Crippen LogP contribution in [0.4, 0.5) is 10.2 Å². The van der Waals surface area contributed by atoms with Crippen molar-refractivity contribution in [2.24, 2.45) is 0 Å². The van der Waals surface area contributed by atoms with E-state index in [0.717, 1.165) is 16.6 Å². The molecule has 1 atom stereocenters. The fourth-order valence-electron chi connectivity index (χ4n) is 4.32. The monoisotopic (exact) mass is 480 g/mol. The molecule has 0 saturated carbocycles. The van der Waals surface area contributed by atoms with Crippen LogP contribution in [0.3, 0.4) is 0 Å². The summed E-state index contributed by atoms with van der Waals surface area (Å²) in [6.07, 6.45) is 4.34. The van der Waals surface area contributed by atoms with Gasteiger partial charge in [0.2, 0.25) is 5.91 Å². The number of hydrogen-bond acceptors (Lipinski definition) is 5. The number of aryl methyl sites for hydroxylation is 1. The van der Waals surface area contributed by atoms with Crippen molar-refractivity contribution in [3.8, 4) is 0 Å². The molecule has 3 aromatic heterocycles. The van der Waals surface area contributed by atoms with E-state index in [2.05, 4.69) is 25.6 Å². The zero-order valence-electron chi connectivity index (χ0n) is 18.4. The standard InChI is InChI=1S/C24H22ClFN6O2/c1-13-3-2-4-14(20(13)26)11-28-22-24(34)32-18(21(25)31-22)5-6-19(32)23(33)29-12-16-9-15-10-27-8-7-17(15)30-16/h2-4,7-10,19,30H,5-6,11-12H2,1H3,(H,28,31)(H,29,33)/t19-/m0/s1. The van der Waals surface area contributed by atoms with Gasteiger partial charge in [-0.15, -0.1) is 0 Å². The summed E-state index contributed by atoms with van der Waals surface area (Å²) < 4.78 is 15.7. The van der Waals surface area contributed by atoms with Crippen LogP contribution in [0.2, 0.25) is 5.15 Å². The third-order valence-corrected chi connectivity index (χ3v) is 6.38. The van der Waals surface area contributed by atoms with Crippen LogP contribution in [0.25, 0.3) is 10.9 Å². The number of carbonyl (C=O) groups excluding carboxylic acids is 1. The minimum atomic E-state index is -0.703. The molecule has 1 aliphatic heterocycles. The lowest BCUT2D eigenvalue weighted by Gasteiger charge is -2.16. The Morgan fingerprint density at radius 1 is 1.32 bits per heavy atom.